The Balaban J connectivity index is 1.61. The van der Waals surface area contributed by atoms with Crippen LogP contribution in [0, 0.1) is 19.8 Å². The highest BCUT2D eigenvalue weighted by molar-refractivity contribution is 7.89. The number of sulfonamides is 1. The Hall–Kier alpha value is -2.71. The van der Waals surface area contributed by atoms with Crippen LogP contribution in [0.15, 0.2) is 47.4 Å². The quantitative estimate of drug-likeness (QED) is 0.712. The molecule has 31 heavy (non-hydrogen) atoms. The van der Waals surface area contributed by atoms with Gasteiger partial charge in [-0.1, -0.05) is 30.7 Å². The Bertz CT molecular complexity index is 1070. The van der Waals surface area contributed by atoms with Gasteiger partial charge in [0, 0.05) is 36.8 Å². The lowest BCUT2D eigenvalue weighted by molar-refractivity contribution is -0.121. The van der Waals surface area contributed by atoms with E-state index in [-0.39, 0.29) is 17.7 Å². The summed E-state index contributed by atoms with van der Waals surface area (Å²) in [6, 6.07) is 12.3. The molecule has 0 spiro atoms. The van der Waals surface area contributed by atoms with Crippen LogP contribution in [-0.4, -0.2) is 37.6 Å². The van der Waals surface area contributed by atoms with E-state index >= 15 is 0 Å². The minimum absolute atomic E-state index is 0.0964. The maximum Gasteiger partial charge on any atom is 0.243 e. The van der Waals surface area contributed by atoms with E-state index in [1.807, 2.05) is 13.0 Å². The highest BCUT2D eigenvalue weighted by Crippen LogP contribution is 2.27. The summed E-state index contributed by atoms with van der Waals surface area (Å²) in [5.74, 6) is -0.497. The summed E-state index contributed by atoms with van der Waals surface area (Å²) in [7, 11) is -3.58. The summed E-state index contributed by atoms with van der Waals surface area (Å²) in [5.41, 5.74) is 2.98. The molecule has 3 rings (SSSR count). The molecule has 2 amide bonds. The fourth-order valence-corrected chi connectivity index (χ4v) is 5.43. The summed E-state index contributed by atoms with van der Waals surface area (Å²) in [4.78, 5) is 24.6. The molecule has 0 bridgehead atoms. The van der Waals surface area contributed by atoms with E-state index in [1.54, 1.807) is 50.2 Å². The van der Waals surface area contributed by atoms with Crippen LogP contribution in [0.25, 0.3) is 0 Å². The number of carbonyl (C=O) groups excluding carboxylic acids is 2. The van der Waals surface area contributed by atoms with Gasteiger partial charge in [0.25, 0.3) is 0 Å². The van der Waals surface area contributed by atoms with Crippen LogP contribution < -0.4 is 10.6 Å². The van der Waals surface area contributed by atoms with Crippen molar-refractivity contribution in [3.8, 4) is 0 Å². The van der Waals surface area contributed by atoms with Crippen molar-refractivity contribution in [1.82, 2.24) is 4.31 Å². The van der Waals surface area contributed by atoms with Crippen LogP contribution >= 0.6 is 0 Å². The molecule has 1 aliphatic heterocycles. The molecule has 0 atom stereocenters. The van der Waals surface area contributed by atoms with Gasteiger partial charge in [0.2, 0.25) is 21.8 Å². The highest BCUT2D eigenvalue weighted by atomic mass is 32.2. The van der Waals surface area contributed by atoms with Gasteiger partial charge < -0.3 is 10.6 Å². The lowest BCUT2D eigenvalue weighted by Crippen LogP contribution is -2.41. The lowest BCUT2D eigenvalue weighted by Gasteiger charge is -2.31. The molecule has 8 heteroatoms. The fourth-order valence-electron chi connectivity index (χ4n) is 3.75. The first-order chi connectivity index (χ1) is 14.7. The molecule has 0 saturated carbocycles. The molecule has 1 saturated heterocycles. The van der Waals surface area contributed by atoms with Crippen LogP contribution in [-0.2, 0) is 19.6 Å². The van der Waals surface area contributed by atoms with Crippen molar-refractivity contribution in [3.63, 3.8) is 0 Å². The standard InChI is InChI=1S/C23H29N3O4S/c1-4-22(27)24-19-6-5-7-20(15-19)25-23(28)18-10-12-26(13-11-18)31(29,30)21-9-8-16(2)14-17(21)3/h5-9,14-15,18H,4,10-13H2,1-3H3,(H,24,27)(H,25,28). The van der Waals surface area contributed by atoms with Crippen LogP contribution in [0.5, 0.6) is 0 Å². The van der Waals surface area contributed by atoms with E-state index in [0.717, 1.165) is 11.1 Å². The first-order valence-electron chi connectivity index (χ1n) is 10.5. The van der Waals surface area contributed by atoms with Crippen molar-refractivity contribution >= 4 is 33.2 Å². The number of anilines is 2. The van der Waals surface area contributed by atoms with Crippen molar-refractivity contribution in [1.29, 1.82) is 0 Å². The molecule has 166 valence electrons. The second kappa shape index (κ2) is 9.62. The minimum atomic E-state index is -3.58. The SMILES string of the molecule is CCC(=O)Nc1cccc(NC(=O)C2CCN(S(=O)(=O)c3ccc(C)cc3C)CC2)c1. The molecule has 1 fully saturated rings. The van der Waals surface area contributed by atoms with Gasteiger partial charge in [-0.25, -0.2) is 8.42 Å². The second-order valence-electron chi connectivity index (χ2n) is 7.92. The van der Waals surface area contributed by atoms with Crippen molar-refractivity contribution in [2.45, 2.75) is 44.9 Å². The molecule has 2 aromatic carbocycles. The van der Waals surface area contributed by atoms with Crippen LogP contribution in [0.3, 0.4) is 0 Å². The van der Waals surface area contributed by atoms with Gasteiger partial charge in [-0.2, -0.15) is 4.31 Å². The zero-order chi connectivity index (χ0) is 22.6. The average molecular weight is 444 g/mol. The van der Waals surface area contributed by atoms with Gasteiger partial charge in [-0.05, 0) is 56.5 Å². The van der Waals surface area contributed by atoms with Crippen molar-refractivity contribution in [3.05, 3.63) is 53.6 Å². The number of amides is 2. The number of hydrogen-bond donors (Lipinski definition) is 2. The Morgan fingerprint density at radius 1 is 1.00 bits per heavy atom. The number of nitrogens with one attached hydrogen (secondary N) is 2. The van der Waals surface area contributed by atoms with E-state index < -0.39 is 10.0 Å². The zero-order valence-corrected chi connectivity index (χ0v) is 19.0. The normalized spacial score (nSPS) is 15.5. The van der Waals surface area contributed by atoms with Gasteiger partial charge in [-0.15, -0.1) is 0 Å². The molecular weight excluding hydrogens is 414 g/mol. The average Bonchev–Trinajstić information content (AvgIpc) is 2.73. The molecule has 0 radical (unpaired) electrons. The van der Waals surface area contributed by atoms with Crippen molar-refractivity contribution in [2.75, 3.05) is 23.7 Å². The van der Waals surface area contributed by atoms with Gasteiger partial charge in [-0.3, -0.25) is 9.59 Å². The fraction of sp³-hybridized carbons (Fsp3) is 0.391. The Morgan fingerprint density at radius 3 is 2.26 bits per heavy atom. The number of benzene rings is 2. The first-order valence-corrected chi connectivity index (χ1v) is 11.9. The molecule has 0 aromatic heterocycles. The van der Waals surface area contributed by atoms with E-state index in [4.69, 9.17) is 0 Å². The number of nitrogens with zero attached hydrogens (tertiary/aromatic N) is 1. The van der Waals surface area contributed by atoms with E-state index in [1.165, 1.54) is 4.31 Å². The predicted octanol–water partition coefficient (Wildman–Crippen LogP) is 3.69. The summed E-state index contributed by atoms with van der Waals surface area (Å²) < 4.78 is 27.5. The molecule has 0 aliphatic carbocycles. The molecule has 0 unspecified atom stereocenters. The van der Waals surface area contributed by atoms with Gasteiger partial charge in [0.15, 0.2) is 0 Å². The summed E-state index contributed by atoms with van der Waals surface area (Å²) in [6.07, 6.45) is 1.30. The summed E-state index contributed by atoms with van der Waals surface area (Å²) in [6.45, 7) is 6.12. The summed E-state index contributed by atoms with van der Waals surface area (Å²) >= 11 is 0. The Morgan fingerprint density at radius 2 is 1.65 bits per heavy atom. The molecule has 1 heterocycles. The van der Waals surface area contributed by atoms with Crippen LogP contribution in [0.4, 0.5) is 11.4 Å². The maximum absolute atomic E-state index is 13.0. The number of carbonyl (C=O) groups is 2. The molecule has 2 N–H and O–H groups in total. The third kappa shape index (κ3) is 5.51. The van der Waals surface area contributed by atoms with E-state index in [2.05, 4.69) is 10.6 Å². The molecule has 2 aromatic rings. The third-order valence-electron chi connectivity index (χ3n) is 5.51. The molecular formula is C23H29N3O4S. The second-order valence-corrected chi connectivity index (χ2v) is 9.83. The zero-order valence-electron chi connectivity index (χ0n) is 18.1. The maximum atomic E-state index is 13.0. The van der Waals surface area contributed by atoms with Gasteiger partial charge >= 0.3 is 0 Å². The van der Waals surface area contributed by atoms with Gasteiger partial charge in [0.05, 0.1) is 4.90 Å². The lowest BCUT2D eigenvalue weighted by atomic mass is 9.97. The van der Waals surface area contributed by atoms with Crippen LogP contribution in [0.2, 0.25) is 0 Å². The van der Waals surface area contributed by atoms with E-state index in [0.29, 0.717) is 48.6 Å². The number of hydrogen-bond acceptors (Lipinski definition) is 4. The van der Waals surface area contributed by atoms with E-state index in [9.17, 15) is 18.0 Å². The molecule has 1 aliphatic rings. The third-order valence-corrected chi connectivity index (χ3v) is 7.57. The molecule has 7 nitrogen and oxygen atoms in total. The van der Waals surface area contributed by atoms with Crippen molar-refractivity contribution in [2.24, 2.45) is 5.92 Å². The summed E-state index contributed by atoms with van der Waals surface area (Å²) in [5, 5.41) is 5.65. The number of piperidine rings is 1. The largest absolute Gasteiger partial charge is 0.326 e. The predicted molar refractivity (Wildman–Crippen MR) is 121 cm³/mol. The minimum Gasteiger partial charge on any atom is -0.326 e. The smallest absolute Gasteiger partial charge is 0.243 e. The van der Waals surface area contributed by atoms with Crippen LogP contribution in [0.1, 0.15) is 37.3 Å². The van der Waals surface area contributed by atoms with Gasteiger partial charge in [0.1, 0.15) is 0 Å². The Labute approximate surface area is 183 Å². The van der Waals surface area contributed by atoms with Crippen molar-refractivity contribution < 1.29 is 18.0 Å². The first kappa shape index (κ1) is 23.0. The number of rotatable bonds is 6. The number of aryl methyl sites for hydroxylation is 2. The Kier molecular flexibility index (Phi) is 7.12. The highest BCUT2D eigenvalue weighted by Gasteiger charge is 2.32. The topological polar surface area (TPSA) is 95.6 Å². The monoisotopic (exact) mass is 443 g/mol.